The molecular weight excluding hydrogens is 492 g/mol. The minimum Gasteiger partial charge on any atom is -0.490 e. The molecule has 8 nitrogen and oxygen atoms in total. The molecule has 0 radical (unpaired) electrons. The largest absolute Gasteiger partial charge is 0.490 e. The van der Waals surface area contributed by atoms with Crippen LogP contribution in [0.1, 0.15) is 47.6 Å². The molecule has 8 heteroatoms. The second kappa shape index (κ2) is 10.9. The van der Waals surface area contributed by atoms with Gasteiger partial charge in [0.1, 0.15) is 0 Å². The van der Waals surface area contributed by atoms with E-state index >= 15 is 0 Å². The number of H-pyrrole nitrogens is 4. The summed E-state index contributed by atoms with van der Waals surface area (Å²) in [5, 5.41) is 11.6. The molecule has 5 rings (SSSR count). The number of hydrogen-bond donors (Lipinski definition) is 4. The fourth-order valence-electron chi connectivity index (χ4n) is 4.91. The summed E-state index contributed by atoms with van der Waals surface area (Å²) in [4.78, 5) is 27.0. The van der Waals surface area contributed by atoms with Gasteiger partial charge in [-0.1, -0.05) is 65.7 Å². The van der Waals surface area contributed by atoms with Crippen molar-refractivity contribution < 1.29 is 9.47 Å². The quantitative estimate of drug-likeness (QED) is 0.199. The van der Waals surface area contributed by atoms with Gasteiger partial charge in [-0.05, 0) is 56.5 Å². The van der Waals surface area contributed by atoms with E-state index in [0.717, 1.165) is 27.8 Å². The van der Waals surface area contributed by atoms with Crippen molar-refractivity contribution in [3.05, 3.63) is 115 Å². The monoisotopic (exact) mass is 524 g/mol. The van der Waals surface area contributed by atoms with Gasteiger partial charge in [-0.3, -0.25) is 30.0 Å². The van der Waals surface area contributed by atoms with Crippen LogP contribution in [0.2, 0.25) is 0 Å². The van der Waals surface area contributed by atoms with Crippen LogP contribution in [-0.2, 0) is 0 Å². The summed E-state index contributed by atoms with van der Waals surface area (Å²) >= 11 is 0. The van der Waals surface area contributed by atoms with Gasteiger partial charge < -0.3 is 9.47 Å². The molecule has 0 aliphatic rings. The number of aryl methyl sites for hydroxylation is 2. The van der Waals surface area contributed by atoms with E-state index in [4.69, 9.17) is 9.47 Å². The Bertz CT molecular complexity index is 1590. The lowest BCUT2D eigenvalue weighted by Gasteiger charge is -2.20. The molecule has 0 saturated carbocycles. The Balaban J connectivity index is 1.80. The molecule has 4 N–H and O–H groups in total. The van der Waals surface area contributed by atoms with Crippen LogP contribution in [0.25, 0.3) is 22.5 Å². The second-order valence-corrected chi connectivity index (χ2v) is 9.47. The highest BCUT2D eigenvalue weighted by molar-refractivity contribution is 5.71. The molecule has 0 bridgehead atoms. The summed E-state index contributed by atoms with van der Waals surface area (Å²) in [6, 6.07) is 21.4. The van der Waals surface area contributed by atoms with E-state index in [0.29, 0.717) is 47.2 Å². The first kappa shape index (κ1) is 25.9. The molecule has 0 unspecified atom stereocenters. The number of hydrogen-bond acceptors (Lipinski definition) is 4. The molecule has 0 saturated heterocycles. The fraction of sp³-hybridized carbons (Fsp3) is 0.226. The number of aromatic nitrogens is 4. The highest BCUT2D eigenvalue weighted by Gasteiger charge is 2.31. The molecule has 0 aliphatic carbocycles. The highest BCUT2D eigenvalue weighted by Crippen LogP contribution is 2.40. The molecule has 39 heavy (non-hydrogen) atoms. The lowest BCUT2D eigenvalue weighted by atomic mass is 9.83. The van der Waals surface area contributed by atoms with E-state index in [-0.39, 0.29) is 11.1 Å². The third kappa shape index (κ3) is 5.05. The van der Waals surface area contributed by atoms with Gasteiger partial charge in [0.05, 0.1) is 35.7 Å². The molecule has 0 amide bonds. The standard InChI is InChI=1S/C31H32N4O4/c1-5-38-23-16-15-22(17-24(23)39-6-2)25(26-28(32-34-30(26)36)20-11-7-18(3)8-12-20)27-29(33-35-31(27)37)21-13-9-19(4)10-14-21/h7-17,25H,5-6H2,1-4H3,(H2,32,34,36)(H2,33,35,37). The highest BCUT2D eigenvalue weighted by atomic mass is 16.5. The average Bonchev–Trinajstić information content (AvgIpc) is 3.50. The maximum absolute atomic E-state index is 13.5. The Morgan fingerprint density at radius 1 is 0.615 bits per heavy atom. The third-order valence-electron chi connectivity index (χ3n) is 6.79. The Morgan fingerprint density at radius 2 is 1.08 bits per heavy atom. The summed E-state index contributed by atoms with van der Waals surface area (Å²) in [5.74, 6) is 0.428. The number of rotatable bonds is 9. The Kier molecular flexibility index (Phi) is 7.27. The van der Waals surface area contributed by atoms with E-state index in [2.05, 4.69) is 20.4 Å². The van der Waals surface area contributed by atoms with Crippen LogP contribution in [0, 0.1) is 13.8 Å². The summed E-state index contributed by atoms with van der Waals surface area (Å²) in [5.41, 5.74) is 6.08. The van der Waals surface area contributed by atoms with Crippen LogP contribution < -0.4 is 20.6 Å². The van der Waals surface area contributed by atoms with Gasteiger partial charge in [-0.25, -0.2) is 0 Å². The molecule has 0 fully saturated rings. The average molecular weight is 525 g/mol. The van der Waals surface area contributed by atoms with E-state index < -0.39 is 5.92 Å². The molecule has 0 spiro atoms. The number of benzene rings is 3. The van der Waals surface area contributed by atoms with Crippen LogP contribution in [0.15, 0.2) is 76.3 Å². The molecule has 200 valence electrons. The van der Waals surface area contributed by atoms with E-state index in [1.165, 1.54) is 0 Å². The minimum absolute atomic E-state index is 0.308. The molecule has 2 heterocycles. The zero-order valence-corrected chi connectivity index (χ0v) is 22.5. The minimum atomic E-state index is -0.725. The van der Waals surface area contributed by atoms with Gasteiger partial charge in [0, 0.05) is 5.92 Å². The topological polar surface area (TPSA) is 116 Å². The summed E-state index contributed by atoms with van der Waals surface area (Å²) < 4.78 is 11.7. The van der Waals surface area contributed by atoms with Crippen LogP contribution >= 0.6 is 0 Å². The van der Waals surface area contributed by atoms with Gasteiger partial charge in [-0.2, -0.15) is 0 Å². The van der Waals surface area contributed by atoms with Crippen molar-refractivity contribution in [2.24, 2.45) is 0 Å². The van der Waals surface area contributed by atoms with Gasteiger partial charge in [0.25, 0.3) is 11.1 Å². The Labute approximate surface area is 226 Å². The van der Waals surface area contributed by atoms with Crippen molar-refractivity contribution in [1.82, 2.24) is 20.4 Å². The molecule has 5 aromatic rings. The smallest absolute Gasteiger partial charge is 0.268 e. The second-order valence-electron chi connectivity index (χ2n) is 9.47. The predicted octanol–water partition coefficient (Wildman–Crippen LogP) is 5.65. The van der Waals surface area contributed by atoms with Crippen LogP contribution in [-0.4, -0.2) is 33.6 Å². The van der Waals surface area contributed by atoms with Crippen molar-refractivity contribution in [2.75, 3.05) is 13.2 Å². The van der Waals surface area contributed by atoms with E-state index in [1.807, 2.05) is 94.4 Å². The zero-order chi connectivity index (χ0) is 27.5. The third-order valence-corrected chi connectivity index (χ3v) is 6.79. The van der Waals surface area contributed by atoms with Crippen LogP contribution in [0.3, 0.4) is 0 Å². The molecular formula is C31H32N4O4. The first-order valence-corrected chi connectivity index (χ1v) is 13.1. The van der Waals surface area contributed by atoms with Gasteiger partial charge in [0.15, 0.2) is 11.5 Å². The Morgan fingerprint density at radius 3 is 1.54 bits per heavy atom. The number of nitrogens with one attached hydrogen (secondary N) is 4. The molecule has 0 atom stereocenters. The van der Waals surface area contributed by atoms with Crippen molar-refractivity contribution in [3.63, 3.8) is 0 Å². The normalized spacial score (nSPS) is 11.2. The van der Waals surface area contributed by atoms with Gasteiger partial charge >= 0.3 is 0 Å². The SMILES string of the molecule is CCOc1ccc(C(c2c(-c3ccc(C)cc3)[nH][nH]c2=O)c2c(-c3ccc(C)cc3)[nH][nH]c2=O)cc1OCC. The van der Waals surface area contributed by atoms with Crippen molar-refractivity contribution in [2.45, 2.75) is 33.6 Å². The lowest BCUT2D eigenvalue weighted by Crippen LogP contribution is -2.20. The van der Waals surface area contributed by atoms with Crippen molar-refractivity contribution in [3.8, 4) is 34.0 Å². The maximum Gasteiger partial charge on any atom is 0.268 e. The summed E-state index contributed by atoms with van der Waals surface area (Å²) in [6.45, 7) is 8.75. The van der Waals surface area contributed by atoms with Crippen LogP contribution in [0.5, 0.6) is 11.5 Å². The first-order chi connectivity index (χ1) is 18.9. The van der Waals surface area contributed by atoms with Gasteiger partial charge in [0.2, 0.25) is 0 Å². The molecule has 0 aliphatic heterocycles. The van der Waals surface area contributed by atoms with E-state index in [1.54, 1.807) is 0 Å². The molecule has 3 aromatic carbocycles. The Hall–Kier alpha value is -4.72. The predicted molar refractivity (Wildman–Crippen MR) is 153 cm³/mol. The molecule has 2 aromatic heterocycles. The van der Waals surface area contributed by atoms with Crippen molar-refractivity contribution in [1.29, 1.82) is 0 Å². The first-order valence-electron chi connectivity index (χ1n) is 13.1. The van der Waals surface area contributed by atoms with Crippen molar-refractivity contribution >= 4 is 0 Å². The summed E-state index contributed by atoms with van der Waals surface area (Å²) in [6.07, 6.45) is 0. The maximum atomic E-state index is 13.5. The number of ether oxygens (including phenoxy) is 2. The number of aromatic amines is 4. The lowest BCUT2D eigenvalue weighted by molar-refractivity contribution is 0.287. The van der Waals surface area contributed by atoms with Crippen LogP contribution in [0.4, 0.5) is 0 Å². The summed E-state index contributed by atoms with van der Waals surface area (Å²) in [7, 11) is 0. The fourth-order valence-corrected chi connectivity index (χ4v) is 4.91. The van der Waals surface area contributed by atoms with E-state index in [9.17, 15) is 9.59 Å². The van der Waals surface area contributed by atoms with Gasteiger partial charge in [-0.15, -0.1) is 0 Å². The zero-order valence-electron chi connectivity index (χ0n) is 22.5.